The fourth-order valence-corrected chi connectivity index (χ4v) is 1.19. The van der Waals surface area contributed by atoms with Crippen molar-refractivity contribution in [2.45, 2.75) is 13.3 Å². The van der Waals surface area contributed by atoms with Crippen LogP contribution in [0.5, 0.6) is 5.75 Å². The third-order valence-electron chi connectivity index (χ3n) is 1.99. The van der Waals surface area contributed by atoms with E-state index in [1.165, 1.54) is 0 Å². The van der Waals surface area contributed by atoms with E-state index in [4.69, 9.17) is 15.1 Å². The summed E-state index contributed by atoms with van der Waals surface area (Å²) in [5, 5.41) is 20.4. The van der Waals surface area contributed by atoms with Crippen molar-refractivity contribution in [3.63, 3.8) is 0 Å². The summed E-state index contributed by atoms with van der Waals surface area (Å²) in [6, 6.07) is 7.33. The predicted molar refractivity (Wildman–Crippen MR) is 57.6 cm³/mol. The summed E-state index contributed by atoms with van der Waals surface area (Å²) >= 11 is 0. The second kappa shape index (κ2) is 6.03. The number of oxime groups is 1. The first-order valence-corrected chi connectivity index (χ1v) is 4.81. The summed E-state index contributed by atoms with van der Waals surface area (Å²) in [4.78, 5) is 0. The van der Waals surface area contributed by atoms with E-state index in [0.717, 1.165) is 5.56 Å². The first-order valence-electron chi connectivity index (χ1n) is 4.81. The van der Waals surface area contributed by atoms with Crippen molar-refractivity contribution >= 4 is 5.71 Å². The van der Waals surface area contributed by atoms with Gasteiger partial charge in [-0.1, -0.05) is 17.3 Å². The average molecular weight is 209 g/mol. The van der Waals surface area contributed by atoms with Gasteiger partial charge in [0.05, 0.1) is 12.3 Å². The van der Waals surface area contributed by atoms with Gasteiger partial charge in [-0.25, -0.2) is 0 Å². The van der Waals surface area contributed by atoms with Crippen molar-refractivity contribution in [2.24, 2.45) is 5.16 Å². The molecule has 0 aliphatic heterocycles. The molecule has 82 valence electrons. The maximum atomic E-state index is 8.68. The van der Waals surface area contributed by atoms with Crippen molar-refractivity contribution in [3.8, 4) is 5.75 Å². The third-order valence-corrected chi connectivity index (χ3v) is 1.99. The number of hydrogen-bond acceptors (Lipinski definition) is 4. The number of para-hydroxylation sites is 1. The molecule has 0 aliphatic carbocycles. The van der Waals surface area contributed by atoms with E-state index < -0.39 is 0 Å². The molecule has 0 radical (unpaired) electrons. The maximum absolute atomic E-state index is 8.68. The van der Waals surface area contributed by atoms with Crippen LogP contribution in [0.25, 0.3) is 0 Å². The second-order valence-electron chi connectivity index (χ2n) is 3.11. The Kier molecular flexibility index (Phi) is 4.63. The summed E-state index contributed by atoms with van der Waals surface area (Å²) in [6.45, 7) is 2.26. The van der Waals surface area contributed by atoms with Gasteiger partial charge in [0.2, 0.25) is 0 Å². The van der Waals surface area contributed by atoms with E-state index in [0.29, 0.717) is 24.5 Å². The molecular formula is C11H15NO3. The number of aliphatic hydroxyl groups excluding tert-OH is 1. The summed E-state index contributed by atoms with van der Waals surface area (Å²) in [6.07, 6.45) is 0.587. The lowest BCUT2D eigenvalue weighted by Crippen LogP contribution is -2.04. The Bertz CT molecular complexity index is 336. The van der Waals surface area contributed by atoms with E-state index >= 15 is 0 Å². The Morgan fingerprint density at radius 3 is 2.80 bits per heavy atom. The quantitative estimate of drug-likeness (QED) is 0.335. The zero-order valence-corrected chi connectivity index (χ0v) is 8.68. The third kappa shape index (κ3) is 3.25. The lowest BCUT2D eigenvalue weighted by Gasteiger charge is -2.09. The molecule has 0 aromatic heterocycles. The first-order chi connectivity index (χ1) is 7.29. The highest BCUT2D eigenvalue weighted by Crippen LogP contribution is 2.18. The summed E-state index contributed by atoms with van der Waals surface area (Å²) in [5.74, 6) is 0.668. The molecule has 0 bridgehead atoms. The van der Waals surface area contributed by atoms with E-state index in [1.807, 2.05) is 18.2 Å². The molecule has 0 saturated carbocycles. The zero-order chi connectivity index (χ0) is 11.1. The Labute approximate surface area is 88.8 Å². The lowest BCUT2D eigenvalue weighted by molar-refractivity contribution is 0.233. The van der Waals surface area contributed by atoms with Crippen LogP contribution in [0.3, 0.4) is 0 Å². The number of hydrogen-bond donors (Lipinski definition) is 2. The van der Waals surface area contributed by atoms with Crippen molar-refractivity contribution in [2.75, 3.05) is 13.2 Å². The molecule has 0 fully saturated rings. The number of aliphatic hydroxyl groups is 1. The summed E-state index contributed by atoms with van der Waals surface area (Å²) in [5.41, 5.74) is 1.27. The highest BCUT2D eigenvalue weighted by molar-refractivity contribution is 6.00. The monoisotopic (exact) mass is 209 g/mol. The smallest absolute Gasteiger partial charge is 0.128 e. The van der Waals surface area contributed by atoms with Gasteiger partial charge in [0.25, 0.3) is 0 Å². The molecule has 1 aromatic rings. The fraction of sp³-hybridized carbons (Fsp3) is 0.364. The molecular weight excluding hydrogens is 194 g/mol. The van der Waals surface area contributed by atoms with Crippen LogP contribution in [-0.4, -0.2) is 29.2 Å². The number of rotatable bonds is 5. The Morgan fingerprint density at radius 2 is 2.13 bits per heavy atom. The molecule has 1 aromatic carbocycles. The molecule has 0 spiro atoms. The zero-order valence-electron chi connectivity index (χ0n) is 8.68. The standard InChI is InChI=1S/C11H15NO3/c1-9(12-14)10-5-2-3-6-11(10)15-8-4-7-13/h2-3,5-6,13-14H,4,7-8H2,1H3/b12-9+. The minimum atomic E-state index is 0.106. The average Bonchev–Trinajstić information content (AvgIpc) is 2.29. The van der Waals surface area contributed by atoms with Crippen molar-refractivity contribution in [1.82, 2.24) is 0 Å². The van der Waals surface area contributed by atoms with Crippen molar-refractivity contribution < 1.29 is 15.1 Å². The van der Waals surface area contributed by atoms with Crippen LogP contribution in [0.4, 0.5) is 0 Å². The van der Waals surface area contributed by atoms with Gasteiger partial charge < -0.3 is 15.1 Å². The van der Waals surface area contributed by atoms with Crippen LogP contribution >= 0.6 is 0 Å². The van der Waals surface area contributed by atoms with Crippen LogP contribution in [-0.2, 0) is 0 Å². The molecule has 4 heteroatoms. The molecule has 0 saturated heterocycles. The second-order valence-corrected chi connectivity index (χ2v) is 3.11. The highest BCUT2D eigenvalue weighted by Gasteiger charge is 2.05. The van der Waals surface area contributed by atoms with Gasteiger partial charge in [-0.15, -0.1) is 0 Å². The summed E-state index contributed by atoms with van der Waals surface area (Å²) in [7, 11) is 0. The predicted octanol–water partition coefficient (Wildman–Crippen LogP) is 1.65. The molecule has 15 heavy (non-hydrogen) atoms. The van der Waals surface area contributed by atoms with Gasteiger partial charge >= 0.3 is 0 Å². The maximum Gasteiger partial charge on any atom is 0.128 e. The van der Waals surface area contributed by atoms with Gasteiger partial charge in [0.15, 0.2) is 0 Å². The first kappa shape index (κ1) is 11.5. The lowest BCUT2D eigenvalue weighted by atomic mass is 10.1. The molecule has 0 heterocycles. The van der Waals surface area contributed by atoms with E-state index in [-0.39, 0.29) is 6.61 Å². The molecule has 0 atom stereocenters. The highest BCUT2D eigenvalue weighted by atomic mass is 16.5. The van der Waals surface area contributed by atoms with Gasteiger partial charge in [0.1, 0.15) is 5.75 Å². The molecule has 4 nitrogen and oxygen atoms in total. The largest absolute Gasteiger partial charge is 0.493 e. The molecule has 2 N–H and O–H groups in total. The van der Waals surface area contributed by atoms with Crippen LogP contribution in [0.15, 0.2) is 29.4 Å². The van der Waals surface area contributed by atoms with E-state index in [9.17, 15) is 0 Å². The van der Waals surface area contributed by atoms with Gasteiger partial charge in [-0.05, 0) is 19.1 Å². The van der Waals surface area contributed by atoms with Crippen LogP contribution < -0.4 is 4.74 Å². The minimum absolute atomic E-state index is 0.106. The Hall–Kier alpha value is -1.55. The number of benzene rings is 1. The van der Waals surface area contributed by atoms with Crippen LogP contribution in [0.1, 0.15) is 18.9 Å². The SMILES string of the molecule is C/C(=N\O)c1ccccc1OCCCO. The number of ether oxygens (including phenoxy) is 1. The van der Waals surface area contributed by atoms with Crippen molar-refractivity contribution in [3.05, 3.63) is 29.8 Å². The fourth-order valence-electron chi connectivity index (χ4n) is 1.19. The Morgan fingerprint density at radius 1 is 1.40 bits per heavy atom. The van der Waals surface area contributed by atoms with Gasteiger partial charge in [-0.3, -0.25) is 0 Å². The Balaban J connectivity index is 2.77. The molecule has 0 unspecified atom stereocenters. The van der Waals surface area contributed by atoms with Crippen LogP contribution in [0, 0.1) is 0 Å². The normalized spacial score (nSPS) is 11.5. The number of nitrogens with zero attached hydrogens (tertiary/aromatic N) is 1. The summed E-state index contributed by atoms with van der Waals surface area (Å²) < 4.78 is 5.45. The van der Waals surface area contributed by atoms with E-state index in [2.05, 4.69) is 5.16 Å². The molecule has 0 aliphatic rings. The van der Waals surface area contributed by atoms with Crippen molar-refractivity contribution in [1.29, 1.82) is 0 Å². The van der Waals surface area contributed by atoms with Gasteiger partial charge in [0, 0.05) is 18.6 Å². The topological polar surface area (TPSA) is 62.1 Å². The molecule has 1 rings (SSSR count). The minimum Gasteiger partial charge on any atom is -0.493 e. The van der Waals surface area contributed by atoms with Gasteiger partial charge in [-0.2, -0.15) is 0 Å². The van der Waals surface area contributed by atoms with Crippen LogP contribution in [0.2, 0.25) is 0 Å². The molecule has 0 amide bonds. The van der Waals surface area contributed by atoms with E-state index in [1.54, 1.807) is 13.0 Å².